The van der Waals surface area contributed by atoms with Crippen molar-refractivity contribution < 1.29 is 0 Å². The highest BCUT2D eigenvalue weighted by molar-refractivity contribution is 5.61. The first-order valence-electron chi connectivity index (χ1n) is 6.55. The molecule has 0 spiro atoms. The molecule has 0 aliphatic carbocycles. The van der Waals surface area contributed by atoms with Gasteiger partial charge in [-0.25, -0.2) is 4.98 Å². The number of benzene rings is 1. The first-order valence-corrected chi connectivity index (χ1v) is 6.55. The largest absolute Gasteiger partial charge is 0.379 e. The van der Waals surface area contributed by atoms with Crippen molar-refractivity contribution in [3.05, 3.63) is 66.4 Å². The van der Waals surface area contributed by atoms with Gasteiger partial charge in [0.2, 0.25) is 0 Å². The summed E-state index contributed by atoms with van der Waals surface area (Å²) in [6.45, 7) is 2.77. The molecule has 0 unspecified atom stereocenters. The van der Waals surface area contributed by atoms with Crippen LogP contribution in [0.15, 0.2) is 55.1 Å². The summed E-state index contributed by atoms with van der Waals surface area (Å²) in [4.78, 5) is 11.5. The molecule has 4 heteroatoms. The predicted octanol–water partition coefficient (Wildman–Crippen LogP) is 3.39. The fraction of sp³-hybridized carbons (Fsp3) is 0.125. The lowest BCUT2D eigenvalue weighted by Crippen LogP contribution is -2.01. The van der Waals surface area contributed by atoms with Gasteiger partial charge in [-0.2, -0.15) is 0 Å². The average molecular weight is 264 g/mol. The number of nitrogens with one attached hydrogen (secondary N) is 2. The van der Waals surface area contributed by atoms with E-state index in [0.29, 0.717) is 0 Å². The van der Waals surface area contributed by atoms with E-state index in [2.05, 4.69) is 50.6 Å². The van der Waals surface area contributed by atoms with Crippen LogP contribution in [0.1, 0.15) is 11.3 Å². The number of hydrogen-bond donors (Lipinski definition) is 2. The number of imidazole rings is 1. The van der Waals surface area contributed by atoms with Crippen molar-refractivity contribution in [1.82, 2.24) is 15.0 Å². The van der Waals surface area contributed by atoms with Gasteiger partial charge in [-0.05, 0) is 36.2 Å². The summed E-state index contributed by atoms with van der Waals surface area (Å²) in [6.07, 6.45) is 5.39. The van der Waals surface area contributed by atoms with E-state index in [1.807, 2.05) is 25.4 Å². The van der Waals surface area contributed by atoms with Crippen LogP contribution >= 0.6 is 0 Å². The molecule has 0 radical (unpaired) electrons. The molecule has 2 N–H and O–H groups in total. The van der Waals surface area contributed by atoms with Crippen LogP contribution in [0.2, 0.25) is 0 Å². The number of aryl methyl sites for hydroxylation is 1. The predicted molar refractivity (Wildman–Crippen MR) is 80.3 cm³/mol. The molecule has 0 saturated heterocycles. The lowest BCUT2D eigenvalue weighted by Gasteiger charge is -2.07. The zero-order valence-corrected chi connectivity index (χ0v) is 11.3. The summed E-state index contributed by atoms with van der Waals surface area (Å²) in [5.41, 5.74) is 5.44. The fourth-order valence-electron chi connectivity index (χ4n) is 1.98. The molecule has 0 amide bonds. The number of H-pyrrole nitrogens is 1. The third-order valence-corrected chi connectivity index (χ3v) is 3.14. The minimum Gasteiger partial charge on any atom is -0.379 e. The number of aromatic nitrogens is 3. The first kappa shape index (κ1) is 12.4. The molecule has 0 fully saturated rings. The van der Waals surface area contributed by atoms with Crippen LogP contribution in [0.3, 0.4) is 0 Å². The first-order chi connectivity index (χ1) is 9.81. The van der Waals surface area contributed by atoms with Gasteiger partial charge in [0.05, 0.1) is 30.5 Å². The quantitative estimate of drug-likeness (QED) is 0.759. The van der Waals surface area contributed by atoms with Gasteiger partial charge >= 0.3 is 0 Å². The minimum atomic E-state index is 0.726. The van der Waals surface area contributed by atoms with E-state index in [1.54, 1.807) is 6.33 Å². The van der Waals surface area contributed by atoms with E-state index < -0.39 is 0 Å². The maximum absolute atomic E-state index is 4.38. The Balaban J connectivity index is 1.65. The molecule has 1 aromatic carbocycles. The molecule has 2 heterocycles. The van der Waals surface area contributed by atoms with Crippen molar-refractivity contribution in [2.75, 3.05) is 5.32 Å². The van der Waals surface area contributed by atoms with Crippen LogP contribution in [0.25, 0.3) is 11.3 Å². The Hall–Kier alpha value is -2.62. The van der Waals surface area contributed by atoms with E-state index in [9.17, 15) is 0 Å². The van der Waals surface area contributed by atoms with E-state index in [4.69, 9.17) is 0 Å². The van der Waals surface area contributed by atoms with Crippen molar-refractivity contribution in [3.63, 3.8) is 0 Å². The smallest absolute Gasteiger partial charge is 0.0924 e. The van der Waals surface area contributed by atoms with Crippen molar-refractivity contribution in [2.24, 2.45) is 0 Å². The number of rotatable bonds is 4. The van der Waals surface area contributed by atoms with E-state index >= 15 is 0 Å². The monoisotopic (exact) mass is 264 g/mol. The maximum atomic E-state index is 4.38. The summed E-state index contributed by atoms with van der Waals surface area (Å²) in [7, 11) is 0. The van der Waals surface area contributed by atoms with Crippen molar-refractivity contribution in [1.29, 1.82) is 0 Å². The Morgan fingerprint density at radius 3 is 2.55 bits per heavy atom. The van der Waals surface area contributed by atoms with Gasteiger partial charge in [0.1, 0.15) is 0 Å². The van der Waals surface area contributed by atoms with Gasteiger partial charge in [0, 0.05) is 11.9 Å². The van der Waals surface area contributed by atoms with E-state index in [0.717, 1.165) is 29.2 Å². The Morgan fingerprint density at radius 2 is 1.90 bits per heavy atom. The summed E-state index contributed by atoms with van der Waals surface area (Å²) in [5, 5.41) is 3.36. The molecular weight excluding hydrogens is 248 g/mol. The molecule has 0 saturated carbocycles. The molecule has 0 bridgehead atoms. The standard InChI is InChI=1S/C16H16N4/c1-12-2-5-15(18-8-12)9-19-14-6-3-13(4-7-14)16-10-17-11-20-16/h2-8,10-11,19H,9H2,1H3,(H,17,20). The normalized spacial score (nSPS) is 10.4. The molecule has 0 aliphatic rings. The summed E-state index contributed by atoms with van der Waals surface area (Å²) < 4.78 is 0. The van der Waals surface area contributed by atoms with Crippen LogP contribution in [0, 0.1) is 6.92 Å². The number of hydrogen-bond acceptors (Lipinski definition) is 3. The SMILES string of the molecule is Cc1ccc(CNc2ccc(-c3cnc[nH]3)cc2)nc1. The molecule has 20 heavy (non-hydrogen) atoms. The highest BCUT2D eigenvalue weighted by Gasteiger charge is 1.99. The van der Waals surface area contributed by atoms with Gasteiger partial charge in [0.25, 0.3) is 0 Å². The molecule has 2 aromatic heterocycles. The summed E-state index contributed by atoms with van der Waals surface area (Å²) in [5.74, 6) is 0. The van der Waals surface area contributed by atoms with Gasteiger partial charge in [-0.3, -0.25) is 4.98 Å². The number of nitrogens with zero attached hydrogens (tertiary/aromatic N) is 2. The van der Waals surface area contributed by atoms with Crippen molar-refractivity contribution >= 4 is 5.69 Å². The lowest BCUT2D eigenvalue weighted by atomic mass is 10.1. The molecule has 3 aromatic rings. The average Bonchev–Trinajstić information content (AvgIpc) is 3.01. The Labute approximate surface area is 117 Å². The van der Waals surface area contributed by atoms with E-state index in [1.165, 1.54) is 5.56 Å². The van der Waals surface area contributed by atoms with Crippen LogP contribution in [-0.4, -0.2) is 15.0 Å². The van der Waals surface area contributed by atoms with Gasteiger partial charge in [-0.1, -0.05) is 18.2 Å². The van der Waals surface area contributed by atoms with Crippen molar-refractivity contribution in [2.45, 2.75) is 13.5 Å². The van der Waals surface area contributed by atoms with Gasteiger partial charge in [-0.15, -0.1) is 0 Å². The minimum absolute atomic E-state index is 0.726. The topological polar surface area (TPSA) is 53.6 Å². The van der Waals surface area contributed by atoms with Crippen LogP contribution < -0.4 is 5.32 Å². The van der Waals surface area contributed by atoms with Crippen LogP contribution in [-0.2, 0) is 6.54 Å². The number of aromatic amines is 1. The molecule has 100 valence electrons. The second-order valence-corrected chi connectivity index (χ2v) is 4.72. The van der Waals surface area contributed by atoms with E-state index in [-0.39, 0.29) is 0 Å². The second kappa shape index (κ2) is 5.57. The Bertz CT molecular complexity index is 655. The molecule has 0 aliphatic heterocycles. The molecule has 3 rings (SSSR count). The number of pyridine rings is 1. The van der Waals surface area contributed by atoms with Gasteiger partial charge < -0.3 is 10.3 Å². The van der Waals surface area contributed by atoms with Crippen LogP contribution in [0.4, 0.5) is 5.69 Å². The molecular formula is C16H16N4. The second-order valence-electron chi connectivity index (χ2n) is 4.72. The summed E-state index contributed by atoms with van der Waals surface area (Å²) in [6, 6.07) is 12.4. The molecule has 0 atom stereocenters. The highest BCUT2D eigenvalue weighted by atomic mass is 14.9. The summed E-state index contributed by atoms with van der Waals surface area (Å²) >= 11 is 0. The van der Waals surface area contributed by atoms with Crippen LogP contribution in [0.5, 0.6) is 0 Å². The van der Waals surface area contributed by atoms with Crippen molar-refractivity contribution in [3.8, 4) is 11.3 Å². The third kappa shape index (κ3) is 2.85. The maximum Gasteiger partial charge on any atom is 0.0924 e. The highest BCUT2D eigenvalue weighted by Crippen LogP contribution is 2.19. The zero-order valence-electron chi connectivity index (χ0n) is 11.3. The van der Waals surface area contributed by atoms with Gasteiger partial charge in [0.15, 0.2) is 0 Å². The Kier molecular flexibility index (Phi) is 3.46. The third-order valence-electron chi connectivity index (χ3n) is 3.14. The fourth-order valence-corrected chi connectivity index (χ4v) is 1.98. The number of anilines is 1. The lowest BCUT2D eigenvalue weighted by molar-refractivity contribution is 1.04. The zero-order chi connectivity index (χ0) is 13.8. The Morgan fingerprint density at radius 1 is 1.05 bits per heavy atom. The molecule has 4 nitrogen and oxygen atoms in total.